The van der Waals surface area contributed by atoms with Crippen LogP contribution >= 0.6 is 0 Å². The molecule has 0 unspecified atom stereocenters. The largest absolute Gasteiger partial charge is 0.491 e. The van der Waals surface area contributed by atoms with E-state index in [9.17, 15) is 4.79 Å². The number of amides is 1. The molecule has 0 fully saturated rings. The molecule has 0 saturated carbocycles. The normalized spacial score (nSPS) is 10.5. The Balaban J connectivity index is 2.04. The molecule has 4 nitrogen and oxygen atoms in total. The molecule has 0 saturated heterocycles. The number of rotatable bonds is 4. The minimum absolute atomic E-state index is 0.131. The van der Waals surface area contributed by atoms with Crippen LogP contribution < -0.4 is 10.1 Å². The van der Waals surface area contributed by atoms with E-state index in [0.717, 1.165) is 11.3 Å². The van der Waals surface area contributed by atoms with Gasteiger partial charge in [0.05, 0.1) is 12.4 Å². The fraction of sp³-hybridized carbons (Fsp3) is 0.267. The zero-order valence-electron chi connectivity index (χ0n) is 11.3. The van der Waals surface area contributed by atoms with Crippen LogP contribution in [0, 0.1) is 6.92 Å². The number of anilines is 1. The first kappa shape index (κ1) is 13.2. The number of furan rings is 1. The minimum atomic E-state index is -0.250. The van der Waals surface area contributed by atoms with Crippen LogP contribution in [0.5, 0.6) is 5.75 Å². The van der Waals surface area contributed by atoms with Gasteiger partial charge in [0.1, 0.15) is 5.75 Å². The number of hydrogen-bond acceptors (Lipinski definition) is 3. The Morgan fingerprint density at radius 2 is 1.89 bits per heavy atom. The molecule has 100 valence electrons. The van der Waals surface area contributed by atoms with E-state index in [1.54, 1.807) is 18.2 Å². The first-order chi connectivity index (χ1) is 9.06. The van der Waals surface area contributed by atoms with Crippen molar-refractivity contribution in [3.63, 3.8) is 0 Å². The van der Waals surface area contributed by atoms with E-state index in [-0.39, 0.29) is 12.0 Å². The van der Waals surface area contributed by atoms with Gasteiger partial charge in [-0.3, -0.25) is 4.79 Å². The highest BCUT2D eigenvalue weighted by atomic mass is 16.5. The Labute approximate surface area is 112 Å². The van der Waals surface area contributed by atoms with Crippen molar-refractivity contribution in [2.45, 2.75) is 26.9 Å². The summed E-state index contributed by atoms with van der Waals surface area (Å²) in [7, 11) is 0. The Morgan fingerprint density at radius 1 is 1.21 bits per heavy atom. The van der Waals surface area contributed by atoms with Gasteiger partial charge in [-0.05, 0) is 51.1 Å². The minimum Gasteiger partial charge on any atom is -0.491 e. The predicted molar refractivity (Wildman–Crippen MR) is 73.6 cm³/mol. The van der Waals surface area contributed by atoms with Gasteiger partial charge >= 0.3 is 0 Å². The van der Waals surface area contributed by atoms with E-state index in [2.05, 4.69) is 5.32 Å². The zero-order chi connectivity index (χ0) is 13.8. The summed E-state index contributed by atoms with van der Waals surface area (Å²) in [5.41, 5.74) is 1.52. The fourth-order valence-corrected chi connectivity index (χ4v) is 1.68. The summed E-state index contributed by atoms with van der Waals surface area (Å²) in [5.74, 6) is 0.865. The monoisotopic (exact) mass is 259 g/mol. The first-order valence-electron chi connectivity index (χ1n) is 6.18. The van der Waals surface area contributed by atoms with E-state index in [4.69, 9.17) is 9.15 Å². The third kappa shape index (κ3) is 3.37. The number of aryl methyl sites for hydroxylation is 1. The van der Waals surface area contributed by atoms with Crippen LogP contribution in [0.3, 0.4) is 0 Å². The lowest BCUT2D eigenvalue weighted by molar-refractivity contribution is 0.0996. The highest BCUT2D eigenvalue weighted by Crippen LogP contribution is 2.18. The molecule has 0 spiro atoms. The maximum Gasteiger partial charge on any atom is 0.291 e. The van der Waals surface area contributed by atoms with E-state index in [1.165, 1.54) is 6.26 Å². The van der Waals surface area contributed by atoms with Crippen LogP contribution in [0.25, 0.3) is 0 Å². The molecule has 1 N–H and O–H groups in total. The smallest absolute Gasteiger partial charge is 0.291 e. The standard InChI is InChI=1S/C15H17NO3/c1-10(2)19-13-6-4-12(5-7-13)16-15(17)14-11(3)8-9-18-14/h4-10H,1-3H3,(H,16,17). The Morgan fingerprint density at radius 3 is 2.42 bits per heavy atom. The molecule has 4 heteroatoms. The van der Waals surface area contributed by atoms with Crippen LogP contribution in [-0.4, -0.2) is 12.0 Å². The lowest BCUT2D eigenvalue weighted by atomic mass is 10.2. The maximum absolute atomic E-state index is 11.9. The number of benzene rings is 1. The lowest BCUT2D eigenvalue weighted by Crippen LogP contribution is -2.12. The van der Waals surface area contributed by atoms with Crippen molar-refractivity contribution < 1.29 is 13.9 Å². The van der Waals surface area contributed by atoms with Crippen molar-refractivity contribution in [2.75, 3.05) is 5.32 Å². The summed E-state index contributed by atoms with van der Waals surface area (Å²) in [6.07, 6.45) is 1.63. The highest BCUT2D eigenvalue weighted by molar-refractivity contribution is 6.03. The van der Waals surface area contributed by atoms with E-state index >= 15 is 0 Å². The summed E-state index contributed by atoms with van der Waals surface area (Å²) in [6.45, 7) is 5.77. The second-order valence-electron chi connectivity index (χ2n) is 4.58. The Bertz CT molecular complexity index is 555. The molecule has 0 aliphatic heterocycles. The maximum atomic E-state index is 11.9. The van der Waals surface area contributed by atoms with Gasteiger partial charge in [0.15, 0.2) is 5.76 Å². The summed E-state index contributed by atoms with van der Waals surface area (Å²) >= 11 is 0. The average molecular weight is 259 g/mol. The third-order valence-electron chi connectivity index (χ3n) is 2.55. The second-order valence-corrected chi connectivity index (χ2v) is 4.58. The van der Waals surface area contributed by atoms with Crippen molar-refractivity contribution in [3.8, 4) is 5.75 Å². The molecule has 1 amide bonds. The summed E-state index contributed by atoms with van der Waals surface area (Å²) in [6, 6.07) is 9.01. The summed E-state index contributed by atoms with van der Waals surface area (Å²) < 4.78 is 10.7. The van der Waals surface area contributed by atoms with Crippen LogP contribution in [0.1, 0.15) is 30.0 Å². The molecule has 2 rings (SSSR count). The number of carbonyl (C=O) groups excluding carboxylic acids is 1. The summed E-state index contributed by atoms with van der Waals surface area (Å²) in [5, 5.41) is 2.78. The molecule has 0 atom stereocenters. The molecule has 1 aromatic carbocycles. The third-order valence-corrected chi connectivity index (χ3v) is 2.55. The molecule has 2 aromatic rings. The van der Waals surface area contributed by atoms with Gasteiger partial charge in [-0.2, -0.15) is 0 Å². The topological polar surface area (TPSA) is 51.5 Å². The lowest BCUT2D eigenvalue weighted by Gasteiger charge is -2.10. The molecule has 1 heterocycles. The van der Waals surface area contributed by atoms with E-state index in [1.807, 2.05) is 32.9 Å². The van der Waals surface area contributed by atoms with Gasteiger partial charge in [-0.1, -0.05) is 0 Å². The van der Waals surface area contributed by atoms with Gasteiger partial charge in [-0.15, -0.1) is 0 Å². The van der Waals surface area contributed by atoms with E-state index in [0.29, 0.717) is 11.4 Å². The first-order valence-corrected chi connectivity index (χ1v) is 6.18. The van der Waals surface area contributed by atoms with Crippen molar-refractivity contribution in [3.05, 3.63) is 47.9 Å². The second kappa shape index (κ2) is 5.61. The van der Waals surface area contributed by atoms with Crippen molar-refractivity contribution in [1.29, 1.82) is 0 Å². The Kier molecular flexibility index (Phi) is 3.90. The molecular formula is C15H17NO3. The highest BCUT2D eigenvalue weighted by Gasteiger charge is 2.12. The molecule has 0 aliphatic carbocycles. The van der Waals surface area contributed by atoms with Crippen LogP contribution in [0.2, 0.25) is 0 Å². The summed E-state index contributed by atoms with van der Waals surface area (Å²) in [4.78, 5) is 11.9. The van der Waals surface area contributed by atoms with Gasteiger partial charge < -0.3 is 14.5 Å². The van der Waals surface area contributed by atoms with Crippen LogP contribution in [0.4, 0.5) is 5.69 Å². The molecule has 0 aliphatic rings. The Hall–Kier alpha value is -2.23. The number of hydrogen-bond donors (Lipinski definition) is 1. The predicted octanol–water partition coefficient (Wildman–Crippen LogP) is 3.63. The van der Waals surface area contributed by atoms with Gasteiger partial charge in [0.2, 0.25) is 0 Å². The molecule has 1 aromatic heterocycles. The molecule has 0 bridgehead atoms. The van der Waals surface area contributed by atoms with E-state index < -0.39 is 0 Å². The van der Waals surface area contributed by atoms with Crippen LogP contribution in [-0.2, 0) is 0 Å². The van der Waals surface area contributed by atoms with Crippen molar-refractivity contribution in [1.82, 2.24) is 0 Å². The van der Waals surface area contributed by atoms with Gasteiger partial charge in [-0.25, -0.2) is 0 Å². The van der Waals surface area contributed by atoms with Crippen molar-refractivity contribution in [2.24, 2.45) is 0 Å². The number of nitrogens with one attached hydrogen (secondary N) is 1. The number of carbonyl (C=O) groups is 1. The zero-order valence-corrected chi connectivity index (χ0v) is 11.3. The molecular weight excluding hydrogens is 242 g/mol. The number of ether oxygens (including phenoxy) is 1. The fourth-order valence-electron chi connectivity index (χ4n) is 1.68. The SMILES string of the molecule is Cc1ccoc1C(=O)Nc1ccc(OC(C)C)cc1. The van der Waals surface area contributed by atoms with Gasteiger partial charge in [0.25, 0.3) is 5.91 Å². The molecule has 0 radical (unpaired) electrons. The quantitative estimate of drug-likeness (QED) is 0.912. The van der Waals surface area contributed by atoms with Crippen molar-refractivity contribution >= 4 is 11.6 Å². The van der Waals surface area contributed by atoms with Gasteiger partial charge in [0, 0.05) is 11.3 Å². The average Bonchev–Trinajstić information content (AvgIpc) is 2.77. The van der Waals surface area contributed by atoms with Crippen LogP contribution in [0.15, 0.2) is 41.0 Å². The molecule has 19 heavy (non-hydrogen) atoms.